The monoisotopic (exact) mass is 466 g/mol. The lowest BCUT2D eigenvalue weighted by atomic mass is 10.1. The largest absolute Gasteiger partial charge is 0.483 e. The van der Waals surface area contributed by atoms with Gasteiger partial charge in [0.05, 0.1) is 0 Å². The van der Waals surface area contributed by atoms with Crippen molar-refractivity contribution in [3.05, 3.63) is 87.4 Å². The summed E-state index contributed by atoms with van der Waals surface area (Å²) in [5.41, 5.74) is 4.82. The van der Waals surface area contributed by atoms with E-state index in [1.54, 1.807) is 30.3 Å². The number of ether oxygens (including phenoxy) is 1. The summed E-state index contributed by atoms with van der Waals surface area (Å²) in [6.07, 6.45) is 0. The second kappa shape index (κ2) is 9.59. The van der Waals surface area contributed by atoms with Crippen molar-refractivity contribution in [1.29, 1.82) is 0 Å². The van der Waals surface area contributed by atoms with E-state index in [-0.39, 0.29) is 18.4 Å². The molecule has 5 nitrogen and oxygen atoms in total. The molecule has 0 bridgehead atoms. The number of carbonyl (C=O) groups is 2. The topological polar surface area (TPSA) is 67.4 Å². The van der Waals surface area contributed by atoms with E-state index >= 15 is 0 Å². The molecule has 0 fully saturated rings. The number of carbonyl (C=O) groups excluding carboxylic acids is 2. The first kappa shape index (κ1) is 21.6. The van der Waals surface area contributed by atoms with Crippen LogP contribution in [-0.4, -0.2) is 18.4 Å². The number of halogens is 1. The zero-order valence-electron chi connectivity index (χ0n) is 17.1. The fourth-order valence-corrected chi connectivity index (χ4v) is 3.77. The highest BCUT2D eigenvalue weighted by Gasteiger charge is 2.10. The fraction of sp³-hybridized carbons (Fsp3) is 0.167. The Labute approximate surface area is 184 Å². The highest BCUT2D eigenvalue weighted by atomic mass is 79.9. The summed E-state index contributed by atoms with van der Waals surface area (Å²) in [5, 5.41) is 5.65. The summed E-state index contributed by atoms with van der Waals surface area (Å²) < 4.78 is 6.68. The first-order valence-electron chi connectivity index (χ1n) is 9.49. The van der Waals surface area contributed by atoms with Crippen molar-refractivity contribution in [3.63, 3.8) is 0 Å². The summed E-state index contributed by atoms with van der Waals surface area (Å²) in [4.78, 5) is 24.6. The summed E-state index contributed by atoms with van der Waals surface area (Å²) in [6, 6.07) is 18.2. The molecule has 3 aromatic carbocycles. The molecule has 0 radical (unpaired) electrons. The average molecular weight is 467 g/mol. The predicted octanol–water partition coefficient (Wildman–Crippen LogP) is 5.64. The molecular weight excluding hydrogens is 444 g/mol. The third-order valence-corrected chi connectivity index (χ3v) is 4.94. The van der Waals surface area contributed by atoms with Crippen molar-refractivity contribution in [2.75, 3.05) is 17.2 Å². The maximum absolute atomic E-state index is 12.3. The molecule has 0 aliphatic rings. The van der Waals surface area contributed by atoms with Crippen LogP contribution < -0.4 is 15.4 Å². The number of benzene rings is 3. The third kappa shape index (κ3) is 5.70. The van der Waals surface area contributed by atoms with E-state index in [9.17, 15) is 9.59 Å². The van der Waals surface area contributed by atoms with Crippen LogP contribution in [0.5, 0.6) is 5.75 Å². The Morgan fingerprint density at radius 3 is 2.07 bits per heavy atom. The van der Waals surface area contributed by atoms with Crippen molar-refractivity contribution in [2.24, 2.45) is 0 Å². The summed E-state index contributed by atoms with van der Waals surface area (Å²) in [7, 11) is 0. The summed E-state index contributed by atoms with van der Waals surface area (Å²) in [5.74, 6) is 0.278. The van der Waals surface area contributed by atoms with Gasteiger partial charge < -0.3 is 15.4 Å². The number of nitrogens with one attached hydrogen (secondary N) is 2. The van der Waals surface area contributed by atoms with Crippen LogP contribution in [0.15, 0.2) is 65.1 Å². The minimum Gasteiger partial charge on any atom is -0.483 e. The van der Waals surface area contributed by atoms with Crippen LogP contribution >= 0.6 is 15.9 Å². The van der Waals surface area contributed by atoms with Gasteiger partial charge in [0.25, 0.3) is 11.8 Å². The summed E-state index contributed by atoms with van der Waals surface area (Å²) in [6.45, 7) is 5.73. The van der Waals surface area contributed by atoms with Gasteiger partial charge in [0.15, 0.2) is 6.61 Å². The normalized spacial score (nSPS) is 10.4. The van der Waals surface area contributed by atoms with Gasteiger partial charge in [-0.2, -0.15) is 0 Å². The van der Waals surface area contributed by atoms with E-state index in [1.807, 2.05) is 51.1 Å². The number of hydrogen-bond acceptors (Lipinski definition) is 3. The Hall–Kier alpha value is -3.12. The Kier molecular flexibility index (Phi) is 6.90. The Morgan fingerprint density at radius 2 is 1.47 bits per heavy atom. The van der Waals surface area contributed by atoms with E-state index in [2.05, 4.69) is 26.6 Å². The molecule has 0 saturated carbocycles. The molecule has 2 N–H and O–H groups in total. The second-order valence-corrected chi connectivity index (χ2v) is 8.02. The number of aryl methyl sites for hydroxylation is 3. The van der Waals surface area contributed by atoms with E-state index in [1.165, 1.54) is 0 Å². The molecule has 0 aromatic heterocycles. The lowest BCUT2D eigenvalue weighted by Crippen LogP contribution is -2.20. The molecule has 0 spiro atoms. The van der Waals surface area contributed by atoms with Crippen molar-refractivity contribution < 1.29 is 14.3 Å². The SMILES string of the molecule is Cc1cccc(C(=O)Nc2ccc(NC(=O)COc3c(C)cc(Br)cc3C)cc2)c1. The molecule has 6 heteroatoms. The van der Waals surface area contributed by atoms with E-state index in [0.717, 1.165) is 21.2 Å². The van der Waals surface area contributed by atoms with Crippen LogP contribution in [0.4, 0.5) is 11.4 Å². The quantitative estimate of drug-likeness (QED) is 0.493. The van der Waals surface area contributed by atoms with Gasteiger partial charge in [0.1, 0.15) is 5.75 Å². The zero-order chi connectivity index (χ0) is 21.7. The first-order chi connectivity index (χ1) is 14.3. The average Bonchev–Trinajstić information content (AvgIpc) is 2.68. The first-order valence-corrected chi connectivity index (χ1v) is 10.3. The highest BCUT2D eigenvalue weighted by Crippen LogP contribution is 2.27. The lowest BCUT2D eigenvalue weighted by Gasteiger charge is -2.13. The molecular formula is C24H23BrN2O3. The van der Waals surface area contributed by atoms with Crippen molar-refractivity contribution >= 4 is 39.1 Å². The highest BCUT2D eigenvalue weighted by molar-refractivity contribution is 9.10. The molecule has 0 aliphatic carbocycles. The Morgan fingerprint density at radius 1 is 0.867 bits per heavy atom. The maximum atomic E-state index is 12.3. The predicted molar refractivity (Wildman–Crippen MR) is 123 cm³/mol. The zero-order valence-corrected chi connectivity index (χ0v) is 18.7. The molecule has 0 aliphatic heterocycles. The minimum absolute atomic E-state index is 0.0881. The van der Waals surface area contributed by atoms with E-state index in [4.69, 9.17) is 4.74 Å². The van der Waals surface area contributed by atoms with Gasteiger partial charge in [0.2, 0.25) is 0 Å². The van der Waals surface area contributed by atoms with Gasteiger partial charge >= 0.3 is 0 Å². The Balaban J connectivity index is 1.55. The van der Waals surface area contributed by atoms with Gasteiger partial charge in [-0.3, -0.25) is 9.59 Å². The molecule has 0 unspecified atom stereocenters. The second-order valence-electron chi connectivity index (χ2n) is 7.11. The van der Waals surface area contributed by atoms with Crippen LogP contribution in [0.1, 0.15) is 27.0 Å². The van der Waals surface area contributed by atoms with Gasteiger partial charge in [0, 0.05) is 21.4 Å². The number of anilines is 2. The molecule has 0 heterocycles. The molecule has 2 amide bonds. The van der Waals surface area contributed by atoms with Crippen molar-refractivity contribution in [2.45, 2.75) is 20.8 Å². The number of amides is 2. The van der Waals surface area contributed by atoms with Crippen molar-refractivity contribution in [3.8, 4) is 5.75 Å². The third-order valence-electron chi connectivity index (χ3n) is 4.48. The molecule has 30 heavy (non-hydrogen) atoms. The van der Waals surface area contributed by atoms with Crippen molar-refractivity contribution in [1.82, 2.24) is 0 Å². The smallest absolute Gasteiger partial charge is 0.262 e. The van der Waals surface area contributed by atoms with E-state index in [0.29, 0.717) is 22.7 Å². The lowest BCUT2D eigenvalue weighted by molar-refractivity contribution is -0.118. The molecule has 154 valence electrons. The Bertz CT molecular complexity index is 1060. The van der Waals surface area contributed by atoms with Crippen LogP contribution in [0, 0.1) is 20.8 Å². The van der Waals surface area contributed by atoms with E-state index < -0.39 is 0 Å². The van der Waals surface area contributed by atoms with Gasteiger partial charge in [-0.1, -0.05) is 33.6 Å². The molecule has 0 saturated heterocycles. The van der Waals surface area contributed by atoms with Crippen LogP contribution in [0.3, 0.4) is 0 Å². The minimum atomic E-state index is -0.256. The summed E-state index contributed by atoms with van der Waals surface area (Å²) >= 11 is 3.45. The van der Waals surface area contributed by atoms with Gasteiger partial charge in [-0.25, -0.2) is 0 Å². The molecule has 0 atom stereocenters. The fourth-order valence-electron chi connectivity index (χ4n) is 3.09. The number of hydrogen-bond donors (Lipinski definition) is 2. The molecule has 3 rings (SSSR count). The standard InChI is InChI=1S/C24H23BrN2O3/c1-15-5-4-6-18(11-15)24(29)27-21-9-7-20(8-10-21)26-22(28)14-30-23-16(2)12-19(25)13-17(23)3/h4-13H,14H2,1-3H3,(H,26,28)(H,27,29). The maximum Gasteiger partial charge on any atom is 0.262 e. The van der Waals surface area contributed by atoms with Crippen LogP contribution in [0.25, 0.3) is 0 Å². The number of rotatable bonds is 6. The van der Waals surface area contributed by atoms with Gasteiger partial charge in [-0.15, -0.1) is 0 Å². The van der Waals surface area contributed by atoms with Crippen LogP contribution in [0.2, 0.25) is 0 Å². The van der Waals surface area contributed by atoms with Crippen LogP contribution in [-0.2, 0) is 4.79 Å². The van der Waals surface area contributed by atoms with Gasteiger partial charge in [-0.05, 0) is 80.4 Å². The molecule has 3 aromatic rings.